The second-order valence-electron chi connectivity index (χ2n) is 4.32. The van der Waals surface area contributed by atoms with Crippen molar-refractivity contribution in [2.24, 2.45) is 0 Å². The van der Waals surface area contributed by atoms with Gasteiger partial charge in [0.25, 0.3) is 0 Å². The minimum Gasteiger partial charge on any atom is -0.429 e. The van der Waals surface area contributed by atoms with E-state index in [1.54, 1.807) is 40.1 Å². The average molecular weight is 224 g/mol. The Kier molecular flexibility index (Phi) is 6.25. The van der Waals surface area contributed by atoms with Crippen molar-refractivity contribution in [1.29, 1.82) is 0 Å². The third-order valence-corrected chi connectivity index (χ3v) is 2.39. The maximum Gasteiger partial charge on any atom is 0.485 e. The highest BCUT2D eigenvalue weighted by Crippen LogP contribution is 2.23. The van der Waals surface area contributed by atoms with Gasteiger partial charge in [0.15, 0.2) is 0 Å². The zero-order chi connectivity index (χ0) is 12.7. The summed E-state index contributed by atoms with van der Waals surface area (Å²) in [4.78, 5) is 3.78. The maximum absolute atomic E-state index is 9.42. The molecule has 1 heterocycles. The van der Waals surface area contributed by atoms with E-state index in [0.717, 1.165) is 0 Å². The highest BCUT2D eigenvalue weighted by molar-refractivity contribution is 6.16. The zero-order valence-corrected chi connectivity index (χ0v) is 10.2. The van der Waals surface area contributed by atoms with E-state index in [2.05, 4.69) is 4.98 Å². The fourth-order valence-corrected chi connectivity index (χ4v) is 0.589. The van der Waals surface area contributed by atoms with Crippen LogP contribution < -0.4 is 0 Å². The Morgan fingerprint density at radius 1 is 1.06 bits per heavy atom. The van der Waals surface area contributed by atoms with Gasteiger partial charge in [0.05, 0.1) is 11.2 Å². The molecule has 0 atom stereocenters. The summed E-state index contributed by atoms with van der Waals surface area (Å²) in [7, 11) is 0.595. The Bertz CT molecular complexity index is 246. The summed E-state index contributed by atoms with van der Waals surface area (Å²) < 4.78 is 4.77. The van der Waals surface area contributed by atoms with Crippen LogP contribution in [-0.4, -0.2) is 34.0 Å². The summed E-state index contributed by atoms with van der Waals surface area (Å²) >= 11 is 0. The minimum atomic E-state index is -0.966. The van der Waals surface area contributed by atoms with Crippen LogP contribution in [0.1, 0.15) is 27.7 Å². The van der Waals surface area contributed by atoms with E-state index < -0.39 is 11.2 Å². The number of pyridine rings is 1. The van der Waals surface area contributed by atoms with Crippen molar-refractivity contribution < 1.29 is 14.8 Å². The summed E-state index contributed by atoms with van der Waals surface area (Å²) in [6, 6.07) is 5.72. The summed E-state index contributed by atoms with van der Waals surface area (Å²) in [5.41, 5.74) is -1.73. The molecule has 0 aliphatic rings. The van der Waals surface area contributed by atoms with Gasteiger partial charge in [0, 0.05) is 12.4 Å². The number of aliphatic hydroxyl groups is 1. The second-order valence-corrected chi connectivity index (χ2v) is 4.32. The average Bonchev–Trinajstić information content (AvgIpc) is 2.19. The van der Waals surface area contributed by atoms with E-state index >= 15 is 0 Å². The molecule has 4 nitrogen and oxygen atoms in total. The third-order valence-electron chi connectivity index (χ3n) is 2.39. The van der Waals surface area contributed by atoms with Crippen LogP contribution in [0, 0.1) is 0 Å². The first kappa shape index (κ1) is 15.1. The predicted molar refractivity (Wildman–Crippen MR) is 63.7 cm³/mol. The number of aromatic nitrogens is 1. The second kappa shape index (κ2) is 6.63. The van der Waals surface area contributed by atoms with Crippen LogP contribution in [0.5, 0.6) is 0 Å². The third kappa shape index (κ3) is 5.85. The smallest absolute Gasteiger partial charge is 0.429 e. The number of nitrogens with zero attached hydrogens (tertiary/aromatic N) is 1. The number of hydrogen-bond acceptors (Lipinski definition) is 4. The normalized spacial score (nSPS) is 11.4. The molecule has 0 fully saturated rings. The lowest BCUT2D eigenvalue weighted by Crippen LogP contribution is -2.47. The van der Waals surface area contributed by atoms with E-state index in [-0.39, 0.29) is 0 Å². The van der Waals surface area contributed by atoms with E-state index in [4.69, 9.17) is 9.68 Å². The highest BCUT2D eigenvalue weighted by atomic mass is 16.5. The first-order chi connectivity index (χ1) is 7.31. The van der Waals surface area contributed by atoms with Crippen molar-refractivity contribution in [2.75, 3.05) is 0 Å². The Balaban J connectivity index is 0.000000315. The van der Waals surface area contributed by atoms with Crippen molar-refractivity contribution in [3.05, 3.63) is 30.6 Å². The van der Waals surface area contributed by atoms with Crippen LogP contribution in [0.15, 0.2) is 30.6 Å². The maximum atomic E-state index is 9.42. The van der Waals surface area contributed by atoms with Gasteiger partial charge in [-0.15, -0.1) is 0 Å². The largest absolute Gasteiger partial charge is 0.485 e. The molecule has 89 valence electrons. The van der Waals surface area contributed by atoms with Gasteiger partial charge in [-0.05, 0) is 39.8 Å². The molecule has 2 N–H and O–H groups in total. The molecule has 1 radical (unpaired) electrons. The highest BCUT2D eigenvalue weighted by Gasteiger charge is 2.35. The Labute approximate surface area is 97.6 Å². The Morgan fingerprint density at radius 2 is 1.56 bits per heavy atom. The molecule has 0 aliphatic heterocycles. The Hall–Kier alpha value is -0.905. The van der Waals surface area contributed by atoms with E-state index in [1.807, 2.05) is 18.2 Å². The van der Waals surface area contributed by atoms with E-state index in [1.165, 1.54) is 0 Å². The van der Waals surface area contributed by atoms with Crippen LogP contribution in [0.3, 0.4) is 0 Å². The van der Waals surface area contributed by atoms with Gasteiger partial charge in [0.1, 0.15) is 0 Å². The molecule has 1 aromatic heterocycles. The molecule has 0 bridgehead atoms. The van der Waals surface area contributed by atoms with Gasteiger partial charge in [-0.25, -0.2) is 0 Å². The summed E-state index contributed by atoms with van der Waals surface area (Å²) in [6.45, 7) is 6.63. The van der Waals surface area contributed by atoms with E-state index in [9.17, 15) is 5.11 Å². The van der Waals surface area contributed by atoms with Crippen LogP contribution in [0.2, 0.25) is 0 Å². The van der Waals surface area contributed by atoms with Gasteiger partial charge >= 0.3 is 7.69 Å². The van der Waals surface area contributed by atoms with E-state index in [0.29, 0.717) is 7.69 Å². The molecule has 0 unspecified atom stereocenters. The zero-order valence-electron chi connectivity index (χ0n) is 10.2. The fraction of sp³-hybridized carbons (Fsp3) is 0.545. The van der Waals surface area contributed by atoms with Crippen LogP contribution >= 0.6 is 0 Å². The van der Waals surface area contributed by atoms with Crippen molar-refractivity contribution in [2.45, 2.75) is 38.9 Å². The molecule has 1 rings (SSSR count). The van der Waals surface area contributed by atoms with Crippen LogP contribution in [0.4, 0.5) is 0 Å². The molecular weight excluding hydrogens is 205 g/mol. The molecular formula is C11H19BNO3. The van der Waals surface area contributed by atoms with Crippen molar-refractivity contribution in [3.8, 4) is 0 Å². The SMILES string of the molecule is CC(C)(O)C(C)(C)O[B]O.c1ccncc1. The summed E-state index contributed by atoms with van der Waals surface area (Å²) in [5.74, 6) is 0. The monoisotopic (exact) mass is 224 g/mol. The minimum absolute atomic E-state index is 0.595. The molecule has 16 heavy (non-hydrogen) atoms. The first-order valence-corrected chi connectivity index (χ1v) is 5.02. The van der Waals surface area contributed by atoms with Crippen molar-refractivity contribution in [3.63, 3.8) is 0 Å². The molecule has 0 saturated heterocycles. The molecule has 0 amide bonds. The first-order valence-electron chi connectivity index (χ1n) is 5.02. The quantitative estimate of drug-likeness (QED) is 0.756. The van der Waals surface area contributed by atoms with Crippen molar-refractivity contribution in [1.82, 2.24) is 4.98 Å². The van der Waals surface area contributed by atoms with Crippen molar-refractivity contribution >= 4 is 7.69 Å². The predicted octanol–water partition coefficient (Wildman–Crippen LogP) is 1.16. The standard InChI is InChI=1S/C6H14BO3.C5H5N/c1-5(2,8)6(3,4)10-7-9;1-2-4-6-5-3-1/h8-9H,1-4H3;1-5H. The lowest BCUT2D eigenvalue weighted by molar-refractivity contribution is -0.0956. The van der Waals surface area contributed by atoms with Gasteiger partial charge in [-0.3, -0.25) is 4.98 Å². The van der Waals surface area contributed by atoms with Gasteiger partial charge in [0.2, 0.25) is 0 Å². The van der Waals surface area contributed by atoms with Gasteiger partial charge in [-0.2, -0.15) is 0 Å². The molecule has 1 aromatic rings. The number of hydrogen-bond donors (Lipinski definition) is 2. The lowest BCUT2D eigenvalue weighted by Gasteiger charge is -2.36. The Morgan fingerprint density at radius 3 is 1.69 bits per heavy atom. The summed E-state index contributed by atoms with van der Waals surface area (Å²) in [6.07, 6.45) is 3.50. The molecule has 5 heteroatoms. The van der Waals surface area contributed by atoms with Gasteiger partial charge in [-0.1, -0.05) is 6.07 Å². The molecule has 0 aromatic carbocycles. The number of rotatable bonds is 3. The lowest BCUT2D eigenvalue weighted by atomic mass is 9.89. The van der Waals surface area contributed by atoms with Crippen LogP contribution in [0.25, 0.3) is 0 Å². The molecule has 0 spiro atoms. The molecule has 0 saturated carbocycles. The van der Waals surface area contributed by atoms with Gasteiger partial charge < -0.3 is 14.8 Å². The topological polar surface area (TPSA) is 62.6 Å². The molecule has 0 aliphatic carbocycles. The fourth-order valence-electron chi connectivity index (χ4n) is 0.589. The van der Waals surface area contributed by atoms with Crippen LogP contribution in [-0.2, 0) is 4.65 Å². The summed E-state index contributed by atoms with van der Waals surface area (Å²) in [5, 5.41) is 17.7.